The highest BCUT2D eigenvalue weighted by Crippen LogP contribution is 2.22. The number of nitriles is 1. The van der Waals surface area contributed by atoms with Crippen molar-refractivity contribution in [2.75, 3.05) is 25.0 Å². The molecule has 2 unspecified atom stereocenters. The smallest absolute Gasteiger partial charge is 0.409 e. The zero-order valence-electron chi connectivity index (χ0n) is 20.4. The minimum atomic E-state index is -1.03. The summed E-state index contributed by atoms with van der Waals surface area (Å²) >= 11 is 1.27. The van der Waals surface area contributed by atoms with E-state index < -0.39 is 24.0 Å². The van der Waals surface area contributed by atoms with Crippen molar-refractivity contribution in [3.05, 3.63) is 47.0 Å². The summed E-state index contributed by atoms with van der Waals surface area (Å²) in [4.78, 5) is 43.1. The highest BCUT2D eigenvalue weighted by atomic mass is 32.1. The Morgan fingerprint density at radius 3 is 2.58 bits per heavy atom. The van der Waals surface area contributed by atoms with Gasteiger partial charge in [0.2, 0.25) is 0 Å². The Labute approximate surface area is 214 Å². The van der Waals surface area contributed by atoms with Crippen LogP contribution in [0.4, 0.5) is 9.93 Å². The van der Waals surface area contributed by atoms with E-state index in [1.54, 1.807) is 24.1 Å². The lowest BCUT2D eigenvalue weighted by molar-refractivity contribution is -0.130. The van der Waals surface area contributed by atoms with Crippen molar-refractivity contribution < 1.29 is 23.9 Å². The van der Waals surface area contributed by atoms with E-state index in [0.717, 1.165) is 18.4 Å². The molecule has 1 fully saturated rings. The molecule has 2 atom stereocenters. The molecule has 1 aromatic carbocycles. The maximum atomic E-state index is 12.7. The van der Waals surface area contributed by atoms with Gasteiger partial charge in [-0.15, -0.1) is 11.3 Å². The maximum Gasteiger partial charge on any atom is 0.409 e. The van der Waals surface area contributed by atoms with Gasteiger partial charge in [-0.3, -0.25) is 4.79 Å². The van der Waals surface area contributed by atoms with Crippen LogP contribution in [0.15, 0.2) is 35.7 Å². The average Bonchev–Trinajstić information content (AvgIpc) is 3.36. The van der Waals surface area contributed by atoms with Gasteiger partial charge in [-0.2, -0.15) is 5.26 Å². The van der Waals surface area contributed by atoms with E-state index in [0.29, 0.717) is 31.2 Å². The molecule has 2 aromatic rings. The van der Waals surface area contributed by atoms with Gasteiger partial charge in [-0.25, -0.2) is 14.6 Å². The lowest BCUT2D eigenvalue weighted by Gasteiger charge is -2.31. The van der Waals surface area contributed by atoms with Crippen LogP contribution in [0.3, 0.4) is 0 Å². The average molecular weight is 514 g/mol. The first-order chi connectivity index (χ1) is 17.4. The van der Waals surface area contributed by atoms with Gasteiger partial charge < -0.3 is 25.0 Å². The Kier molecular flexibility index (Phi) is 10.1. The fourth-order valence-corrected chi connectivity index (χ4v) is 4.54. The molecule has 0 spiro atoms. The number of hydrogen-bond donors (Lipinski definition) is 2. The van der Waals surface area contributed by atoms with Crippen LogP contribution in [0.2, 0.25) is 0 Å². The zero-order chi connectivity index (χ0) is 25.9. The van der Waals surface area contributed by atoms with Crippen LogP contribution in [-0.4, -0.2) is 65.7 Å². The van der Waals surface area contributed by atoms with E-state index in [-0.39, 0.29) is 24.2 Å². The summed E-state index contributed by atoms with van der Waals surface area (Å²) in [5.74, 6) is -1.22. The second kappa shape index (κ2) is 13.4. The van der Waals surface area contributed by atoms with Crippen molar-refractivity contribution in [3.8, 4) is 6.07 Å². The summed E-state index contributed by atoms with van der Waals surface area (Å²) in [6.07, 6.45) is 0.752. The van der Waals surface area contributed by atoms with Crippen LogP contribution < -0.4 is 10.6 Å². The number of benzene rings is 1. The third-order valence-corrected chi connectivity index (χ3v) is 6.50. The number of nitrogens with one attached hydrogen (secondary N) is 2. The molecule has 3 rings (SSSR count). The van der Waals surface area contributed by atoms with Gasteiger partial charge in [-0.05, 0) is 31.7 Å². The summed E-state index contributed by atoms with van der Waals surface area (Å²) in [6, 6.07) is 10.8. The van der Waals surface area contributed by atoms with Gasteiger partial charge in [0, 0.05) is 30.9 Å². The van der Waals surface area contributed by atoms with Crippen LogP contribution in [0.25, 0.3) is 0 Å². The van der Waals surface area contributed by atoms with Crippen molar-refractivity contribution in [1.29, 1.82) is 5.26 Å². The summed E-state index contributed by atoms with van der Waals surface area (Å²) in [5, 5.41) is 17.5. The number of carbonyl (C=O) groups excluding carboxylic acids is 3. The number of rotatable bonds is 10. The molecule has 1 aliphatic heterocycles. The maximum absolute atomic E-state index is 12.7. The van der Waals surface area contributed by atoms with Crippen molar-refractivity contribution in [2.45, 2.75) is 57.7 Å². The minimum Gasteiger partial charge on any atom is -0.450 e. The predicted octanol–water partition coefficient (Wildman–Crippen LogP) is 3.36. The zero-order valence-corrected chi connectivity index (χ0v) is 21.3. The molecule has 2 N–H and O–H groups in total. The molecule has 0 aliphatic carbocycles. The number of amides is 2. The Hall–Kier alpha value is -3.65. The van der Waals surface area contributed by atoms with Gasteiger partial charge >= 0.3 is 12.1 Å². The molecule has 0 saturated carbocycles. The van der Waals surface area contributed by atoms with Crippen molar-refractivity contribution in [1.82, 2.24) is 15.2 Å². The first-order valence-electron chi connectivity index (χ1n) is 12.0. The number of ether oxygens (including phenoxy) is 2. The Balaban J connectivity index is 1.49. The van der Waals surface area contributed by atoms with E-state index in [1.165, 1.54) is 11.3 Å². The number of esters is 1. The summed E-state index contributed by atoms with van der Waals surface area (Å²) in [6.45, 7) is 5.02. The molecule has 11 heteroatoms. The Morgan fingerprint density at radius 1 is 1.22 bits per heavy atom. The van der Waals surface area contributed by atoms with E-state index in [9.17, 15) is 19.6 Å². The number of nitrogens with zero attached hydrogens (tertiary/aromatic N) is 3. The molecule has 2 amide bonds. The second-order valence-electron chi connectivity index (χ2n) is 8.32. The summed E-state index contributed by atoms with van der Waals surface area (Å²) < 4.78 is 10.4. The molecule has 1 aromatic heterocycles. The fraction of sp³-hybridized carbons (Fsp3) is 0.480. The number of thiazole rings is 1. The van der Waals surface area contributed by atoms with Crippen LogP contribution in [0.5, 0.6) is 0 Å². The number of hydrogen-bond acceptors (Lipinski definition) is 9. The van der Waals surface area contributed by atoms with E-state index in [2.05, 4.69) is 21.7 Å². The molecule has 0 radical (unpaired) electrons. The normalized spacial score (nSPS) is 15.3. The van der Waals surface area contributed by atoms with Crippen molar-refractivity contribution >= 4 is 34.4 Å². The van der Waals surface area contributed by atoms with Gasteiger partial charge in [0.05, 0.1) is 12.7 Å². The second-order valence-corrected chi connectivity index (χ2v) is 9.18. The molecule has 1 saturated heterocycles. The van der Waals surface area contributed by atoms with Crippen molar-refractivity contribution in [2.24, 2.45) is 0 Å². The molecule has 1 aliphatic rings. The van der Waals surface area contributed by atoms with E-state index in [1.807, 2.05) is 30.3 Å². The predicted molar refractivity (Wildman–Crippen MR) is 135 cm³/mol. The lowest BCUT2D eigenvalue weighted by atomic mass is 10.1. The highest BCUT2D eigenvalue weighted by Gasteiger charge is 2.27. The fourth-order valence-electron chi connectivity index (χ4n) is 3.78. The Morgan fingerprint density at radius 2 is 1.94 bits per heavy atom. The van der Waals surface area contributed by atoms with E-state index >= 15 is 0 Å². The van der Waals surface area contributed by atoms with Gasteiger partial charge in [-0.1, -0.05) is 37.3 Å². The number of carbonyl (C=O) groups is 3. The molecular weight excluding hydrogens is 482 g/mol. The molecule has 36 heavy (non-hydrogen) atoms. The van der Waals surface area contributed by atoms with Crippen LogP contribution in [-0.2, 0) is 20.7 Å². The first kappa shape index (κ1) is 26.9. The number of likely N-dealkylation sites (tertiary alicyclic amines) is 1. The highest BCUT2D eigenvalue weighted by molar-refractivity contribution is 7.13. The summed E-state index contributed by atoms with van der Waals surface area (Å²) in [5.41, 5.74) is 1.03. The largest absolute Gasteiger partial charge is 0.450 e. The van der Waals surface area contributed by atoms with Gasteiger partial charge in [0.1, 0.15) is 6.04 Å². The number of aromatic nitrogens is 1. The van der Waals surface area contributed by atoms with Gasteiger partial charge in [0.15, 0.2) is 16.9 Å². The minimum absolute atomic E-state index is 0.110. The van der Waals surface area contributed by atoms with E-state index in [4.69, 9.17) is 9.47 Å². The number of anilines is 1. The molecule has 10 nitrogen and oxygen atoms in total. The monoisotopic (exact) mass is 513 g/mol. The SMILES string of the molecule is CCOC(=O)N1CCC(Nc2nc(C(=O)OC(CC)C(=O)NC(C#N)Cc3ccccc3)cs2)CC1. The molecular formula is C25H31N5O5S. The molecule has 0 bridgehead atoms. The van der Waals surface area contributed by atoms with Gasteiger partial charge in [0.25, 0.3) is 5.91 Å². The van der Waals surface area contributed by atoms with Crippen molar-refractivity contribution in [3.63, 3.8) is 0 Å². The number of piperidine rings is 1. The molecule has 192 valence electrons. The van der Waals surface area contributed by atoms with Crippen LogP contribution >= 0.6 is 11.3 Å². The third-order valence-electron chi connectivity index (χ3n) is 5.73. The standard InChI is InChI=1S/C25H31N5O5S/c1-3-21(22(31)27-19(15-26)14-17-8-6-5-7-9-17)35-23(32)20-16-36-24(29-20)28-18-10-12-30(13-11-18)25(33)34-4-2/h5-9,16,18-19,21H,3-4,10-14H2,1-2H3,(H,27,31)(H,28,29). The third kappa shape index (κ3) is 7.68. The Bertz CT molecular complexity index is 1060. The first-order valence-corrected chi connectivity index (χ1v) is 12.9. The quantitative estimate of drug-likeness (QED) is 0.462. The molecule has 2 heterocycles. The summed E-state index contributed by atoms with van der Waals surface area (Å²) in [7, 11) is 0. The topological polar surface area (TPSA) is 134 Å². The lowest BCUT2D eigenvalue weighted by Crippen LogP contribution is -2.43. The van der Waals surface area contributed by atoms with Crippen LogP contribution in [0.1, 0.15) is 49.2 Å². The van der Waals surface area contributed by atoms with Crippen LogP contribution in [0, 0.1) is 11.3 Å².